The van der Waals surface area contributed by atoms with Crippen LogP contribution in [-0.4, -0.2) is 19.2 Å². The first-order chi connectivity index (χ1) is 8.71. The van der Waals surface area contributed by atoms with Gasteiger partial charge in [0, 0.05) is 18.6 Å². The zero-order valence-corrected chi connectivity index (χ0v) is 10.8. The molecule has 0 radical (unpaired) electrons. The van der Waals surface area contributed by atoms with Gasteiger partial charge in [-0.2, -0.15) is 0 Å². The molecule has 2 aromatic rings. The smallest absolute Gasteiger partial charge is 0.248 e. The van der Waals surface area contributed by atoms with E-state index in [-0.39, 0.29) is 11.7 Å². The number of ether oxygens (including phenoxy) is 2. The van der Waals surface area contributed by atoms with E-state index in [9.17, 15) is 4.79 Å². The predicted molar refractivity (Wildman–Crippen MR) is 71.2 cm³/mol. The largest absolute Gasteiger partial charge is 0.495 e. The number of H-pyrrole nitrogens is 1. The lowest BCUT2D eigenvalue weighted by Crippen LogP contribution is -2.07. The molecule has 0 aliphatic rings. The molecule has 4 heteroatoms. The van der Waals surface area contributed by atoms with E-state index in [2.05, 4.69) is 11.9 Å². The Morgan fingerprint density at radius 2 is 2.00 bits per heavy atom. The van der Waals surface area contributed by atoms with Gasteiger partial charge in [0.1, 0.15) is 5.75 Å². The first kappa shape index (κ1) is 12.6. The first-order valence-corrected chi connectivity index (χ1v) is 5.94. The molecule has 0 amide bonds. The van der Waals surface area contributed by atoms with Crippen LogP contribution in [0.1, 0.15) is 25.0 Å². The van der Waals surface area contributed by atoms with E-state index < -0.39 is 0 Å². The summed E-state index contributed by atoms with van der Waals surface area (Å²) in [5, 5.41) is 0.961. The summed E-state index contributed by atoms with van der Waals surface area (Å²) in [6.07, 6.45) is 0.890. The number of fused-ring (bicyclic) bond motifs is 1. The Kier molecular flexibility index (Phi) is 3.67. The fraction of sp³-hybridized carbons (Fsp3) is 0.357. The maximum Gasteiger partial charge on any atom is 0.248 e. The minimum atomic E-state index is -0.136. The monoisotopic (exact) mass is 247 g/mol. The van der Waals surface area contributed by atoms with Gasteiger partial charge >= 0.3 is 0 Å². The van der Waals surface area contributed by atoms with Crippen molar-refractivity contribution in [3.05, 3.63) is 40.2 Å². The standard InChI is InChI=1S/C14H17NO3/c1-4-11(17-2)9-5-7-12(18-3)14-10(9)6-8-13(16)15-14/h5-8,11H,4H2,1-3H3,(H,15,16)/t11-/m0/s1. The summed E-state index contributed by atoms with van der Waals surface area (Å²) < 4.78 is 10.7. The van der Waals surface area contributed by atoms with E-state index in [0.29, 0.717) is 5.75 Å². The molecule has 0 unspecified atom stereocenters. The van der Waals surface area contributed by atoms with Gasteiger partial charge in [-0.25, -0.2) is 0 Å². The van der Waals surface area contributed by atoms with Crippen LogP contribution in [-0.2, 0) is 4.74 Å². The van der Waals surface area contributed by atoms with Gasteiger partial charge < -0.3 is 14.5 Å². The van der Waals surface area contributed by atoms with Crippen LogP contribution in [0.2, 0.25) is 0 Å². The van der Waals surface area contributed by atoms with E-state index >= 15 is 0 Å². The summed E-state index contributed by atoms with van der Waals surface area (Å²) >= 11 is 0. The van der Waals surface area contributed by atoms with Crippen LogP contribution in [0.25, 0.3) is 10.9 Å². The highest BCUT2D eigenvalue weighted by atomic mass is 16.5. The number of hydrogen-bond donors (Lipinski definition) is 1. The molecule has 0 fully saturated rings. The Hall–Kier alpha value is -1.81. The van der Waals surface area contributed by atoms with E-state index in [4.69, 9.17) is 9.47 Å². The molecule has 0 aliphatic carbocycles. The van der Waals surface area contributed by atoms with Gasteiger partial charge in [0.15, 0.2) is 0 Å². The van der Waals surface area contributed by atoms with Gasteiger partial charge in [0.2, 0.25) is 5.56 Å². The number of pyridine rings is 1. The number of nitrogens with one attached hydrogen (secondary N) is 1. The van der Waals surface area contributed by atoms with Crippen molar-refractivity contribution in [2.24, 2.45) is 0 Å². The SMILES string of the molecule is CC[C@H](OC)c1ccc(OC)c2[nH]c(=O)ccc12. The number of rotatable bonds is 4. The van der Waals surface area contributed by atoms with E-state index in [1.165, 1.54) is 6.07 Å². The topological polar surface area (TPSA) is 51.3 Å². The number of aromatic nitrogens is 1. The Morgan fingerprint density at radius 3 is 2.61 bits per heavy atom. The Morgan fingerprint density at radius 1 is 1.22 bits per heavy atom. The van der Waals surface area contributed by atoms with Gasteiger partial charge in [0.25, 0.3) is 0 Å². The normalized spacial score (nSPS) is 12.6. The molecule has 1 heterocycles. The Labute approximate surface area is 106 Å². The molecule has 96 valence electrons. The maximum absolute atomic E-state index is 11.4. The highest BCUT2D eigenvalue weighted by Gasteiger charge is 2.14. The van der Waals surface area contributed by atoms with Crippen molar-refractivity contribution in [3.8, 4) is 5.75 Å². The summed E-state index contributed by atoms with van der Waals surface area (Å²) in [6, 6.07) is 7.17. The minimum Gasteiger partial charge on any atom is -0.495 e. The molecule has 0 saturated carbocycles. The van der Waals surface area contributed by atoms with Crippen LogP contribution in [0, 0.1) is 0 Å². The third kappa shape index (κ3) is 2.11. The fourth-order valence-corrected chi connectivity index (χ4v) is 2.21. The van der Waals surface area contributed by atoms with Crippen molar-refractivity contribution in [2.45, 2.75) is 19.4 Å². The molecular formula is C14H17NO3. The summed E-state index contributed by atoms with van der Waals surface area (Å²) in [4.78, 5) is 14.2. The first-order valence-electron chi connectivity index (χ1n) is 5.94. The van der Waals surface area contributed by atoms with Crippen LogP contribution in [0.5, 0.6) is 5.75 Å². The van der Waals surface area contributed by atoms with E-state index in [1.54, 1.807) is 14.2 Å². The second-order valence-corrected chi connectivity index (χ2v) is 4.10. The maximum atomic E-state index is 11.4. The third-order valence-corrected chi connectivity index (χ3v) is 3.11. The Balaban J connectivity index is 2.74. The fourth-order valence-electron chi connectivity index (χ4n) is 2.21. The number of aromatic amines is 1. The number of benzene rings is 1. The molecule has 1 atom stereocenters. The summed E-state index contributed by atoms with van der Waals surface area (Å²) in [7, 11) is 3.28. The molecule has 0 bridgehead atoms. The summed E-state index contributed by atoms with van der Waals surface area (Å²) in [6.45, 7) is 2.07. The van der Waals surface area contributed by atoms with Gasteiger partial charge in [-0.3, -0.25) is 4.79 Å². The molecule has 18 heavy (non-hydrogen) atoms. The molecule has 4 nitrogen and oxygen atoms in total. The van der Waals surface area contributed by atoms with E-state index in [1.807, 2.05) is 18.2 Å². The molecule has 1 aromatic heterocycles. The van der Waals surface area contributed by atoms with E-state index in [0.717, 1.165) is 22.9 Å². The van der Waals surface area contributed by atoms with Crippen molar-refractivity contribution >= 4 is 10.9 Å². The van der Waals surface area contributed by atoms with Gasteiger partial charge in [-0.15, -0.1) is 0 Å². The molecule has 1 aromatic carbocycles. The Bertz CT molecular complexity index is 600. The van der Waals surface area contributed by atoms with Crippen LogP contribution < -0.4 is 10.3 Å². The lowest BCUT2D eigenvalue weighted by Gasteiger charge is -2.17. The zero-order valence-electron chi connectivity index (χ0n) is 10.8. The van der Waals surface area contributed by atoms with Crippen LogP contribution in [0.3, 0.4) is 0 Å². The van der Waals surface area contributed by atoms with Crippen LogP contribution in [0.15, 0.2) is 29.1 Å². The van der Waals surface area contributed by atoms with Crippen LogP contribution >= 0.6 is 0 Å². The predicted octanol–water partition coefficient (Wildman–Crippen LogP) is 2.63. The highest BCUT2D eigenvalue weighted by Crippen LogP contribution is 2.31. The summed E-state index contributed by atoms with van der Waals surface area (Å²) in [5.41, 5.74) is 1.65. The number of hydrogen-bond acceptors (Lipinski definition) is 3. The van der Waals surface area contributed by atoms with Crippen molar-refractivity contribution in [1.29, 1.82) is 0 Å². The van der Waals surface area contributed by atoms with Crippen LogP contribution in [0.4, 0.5) is 0 Å². The molecule has 0 saturated heterocycles. The van der Waals surface area contributed by atoms with Gasteiger partial charge in [-0.05, 0) is 24.1 Å². The van der Waals surface area contributed by atoms with Gasteiger partial charge in [0.05, 0.1) is 18.7 Å². The van der Waals surface area contributed by atoms with Crippen molar-refractivity contribution in [1.82, 2.24) is 4.98 Å². The average Bonchev–Trinajstić information content (AvgIpc) is 2.39. The molecule has 0 aliphatic heterocycles. The summed E-state index contributed by atoms with van der Waals surface area (Å²) in [5.74, 6) is 0.664. The average molecular weight is 247 g/mol. The quantitative estimate of drug-likeness (QED) is 0.903. The molecule has 0 spiro atoms. The third-order valence-electron chi connectivity index (χ3n) is 3.11. The van der Waals surface area contributed by atoms with Crippen molar-refractivity contribution in [3.63, 3.8) is 0 Å². The second-order valence-electron chi connectivity index (χ2n) is 4.10. The minimum absolute atomic E-state index is 0.0179. The van der Waals surface area contributed by atoms with Gasteiger partial charge in [-0.1, -0.05) is 13.0 Å². The highest BCUT2D eigenvalue weighted by molar-refractivity contribution is 5.87. The lowest BCUT2D eigenvalue weighted by molar-refractivity contribution is 0.101. The van der Waals surface area contributed by atoms with Crippen molar-refractivity contribution < 1.29 is 9.47 Å². The number of methoxy groups -OCH3 is 2. The second kappa shape index (κ2) is 5.23. The molecule has 2 rings (SSSR count). The molecular weight excluding hydrogens is 230 g/mol. The zero-order chi connectivity index (χ0) is 13.1. The van der Waals surface area contributed by atoms with Crippen molar-refractivity contribution in [2.75, 3.05) is 14.2 Å². The lowest BCUT2D eigenvalue weighted by atomic mass is 10.0. The molecule has 1 N–H and O–H groups in total.